The van der Waals surface area contributed by atoms with E-state index in [9.17, 15) is 0 Å². The standard InChI is InChI=1S/C36H48N2O11S2/c1-5-47-33(43-3)35(29-13-9-7-11-27(29)15-17-31(35)50(39,40)37-19-23-45-24-20-37)49-36(34(44-4)48-6-2)30-14-10-8-12-28(30)16-18-32(36)51(41,42)38-21-25-46-26-22-38/h7-18,31-34H,5-6,19-26H2,1-4H3. The average molecular weight is 749 g/mol. The van der Waals surface area contributed by atoms with E-state index in [2.05, 4.69) is 0 Å². The van der Waals surface area contributed by atoms with Crippen molar-refractivity contribution in [3.05, 3.63) is 82.9 Å². The number of rotatable bonds is 14. The highest BCUT2D eigenvalue weighted by Gasteiger charge is 2.67. The van der Waals surface area contributed by atoms with Gasteiger partial charge in [-0.1, -0.05) is 72.8 Å². The van der Waals surface area contributed by atoms with Crippen LogP contribution in [0.2, 0.25) is 0 Å². The minimum Gasteiger partial charge on any atom is -0.379 e. The largest absolute Gasteiger partial charge is 0.379 e. The maximum absolute atomic E-state index is 15.1. The van der Waals surface area contributed by atoms with Crippen molar-refractivity contribution in [1.29, 1.82) is 0 Å². The number of fused-ring (bicyclic) bond motifs is 2. The molecule has 2 aromatic rings. The van der Waals surface area contributed by atoms with E-state index >= 15 is 16.8 Å². The first-order valence-corrected chi connectivity index (χ1v) is 20.3. The lowest BCUT2D eigenvalue weighted by Gasteiger charge is -2.55. The summed E-state index contributed by atoms with van der Waals surface area (Å²) in [7, 11) is -5.71. The molecule has 6 atom stereocenters. The Labute approximate surface area is 301 Å². The van der Waals surface area contributed by atoms with Gasteiger partial charge in [-0.15, -0.1) is 0 Å². The van der Waals surface area contributed by atoms with E-state index in [1.165, 1.54) is 22.8 Å². The second-order valence-electron chi connectivity index (χ2n) is 12.6. The minimum atomic E-state index is -4.28. The van der Waals surface area contributed by atoms with Gasteiger partial charge in [-0.2, -0.15) is 8.61 Å². The fourth-order valence-corrected chi connectivity index (χ4v) is 11.7. The number of ether oxygens (including phenoxy) is 7. The van der Waals surface area contributed by atoms with E-state index in [1.807, 2.05) is 24.3 Å². The minimum absolute atomic E-state index is 0.123. The quantitative estimate of drug-likeness (QED) is 0.264. The van der Waals surface area contributed by atoms with Crippen LogP contribution in [-0.2, 0) is 64.4 Å². The van der Waals surface area contributed by atoms with Crippen molar-refractivity contribution in [2.24, 2.45) is 0 Å². The molecule has 51 heavy (non-hydrogen) atoms. The summed E-state index contributed by atoms with van der Waals surface area (Å²) < 4.78 is 107. The highest BCUT2D eigenvalue weighted by atomic mass is 32.2. The Hall–Kier alpha value is -2.54. The van der Waals surface area contributed by atoms with E-state index in [0.29, 0.717) is 22.3 Å². The highest BCUT2D eigenvalue weighted by Crippen LogP contribution is 2.54. The number of methoxy groups -OCH3 is 2. The summed E-state index contributed by atoms with van der Waals surface area (Å²) in [5.41, 5.74) is -1.87. The maximum Gasteiger partial charge on any atom is 0.224 e. The Kier molecular flexibility index (Phi) is 11.9. The molecule has 0 aromatic heterocycles. The van der Waals surface area contributed by atoms with Crippen molar-refractivity contribution in [1.82, 2.24) is 8.61 Å². The van der Waals surface area contributed by atoms with Gasteiger partial charge in [-0.05, 0) is 36.1 Å². The maximum atomic E-state index is 15.1. The molecule has 0 amide bonds. The molecule has 2 fully saturated rings. The van der Waals surface area contributed by atoms with Gasteiger partial charge in [0, 0.05) is 53.6 Å². The Morgan fingerprint density at radius 1 is 0.667 bits per heavy atom. The van der Waals surface area contributed by atoms with Crippen molar-refractivity contribution in [2.45, 2.75) is 48.1 Å². The average Bonchev–Trinajstić information content (AvgIpc) is 3.16. The fraction of sp³-hybridized carbons (Fsp3) is 0.556. The van der Waals surface area contributed by atoms with Gasteiger partial charge < -0.3 is 33.2 Å². The SMILES string of the molecule is CCOC(OC)C1(OC2(C(OC)OCC)c3ccccc3C=CC2S(=O)(=O)N2CCOCC2)c2ccccc2C=CC1S(=O)(=O)N1CCOCC1. The number of morpholine rings is 2. The summed E-state index contributed by atoms with van der Waals surface area (Å²) >= 11 is 0. The van der Waals surface area contributed by atoms with Crippen LogP contribution in [0.1, 0.15) is 36.1 Å². The van der Waals surface area contributed by atoms with Crippen LogP contribution in [-0.4, -0.2) is 129 Å². The Balaban J connectivity index is 1.71. The van der Waals surface area contributed by atoms with Crippen LogP contribution in [0.15, 0.2) is 60.7 Å². The van der Waals surface area contributed by atoms with Crippen molar-refractivity contribution in [3.63, 3.8) is 0 Å². The molecule has 15 heteroatoms. The van der Waals surface area contributed by atoms with Crippen LogP contribution >= 0.6 is 0 Å². The second kappa shape index (κ2) is 15.8. The van der Waals surface area contributed by atoms with Crippen LogP contribution in [0.25, 0.3) is 12.2 Å². The molecular formula is C36H48N2O11S2. The Morgan fingerprint density at radius 3 is 1.39 bits per heavy atom. The first-order chi connectivity index (χ1) is 24.6. The zero-order chi connectivity index (χ0) is 36.3. The molecule has 6 rings (SSSR count). The van der Waals surface area contributed by atoms with Gasteiger partial charge in [-0.3, -0.25) is 0 Å². The van der Waals surface area contributed by atoms with Gasteiger partial charge in [0.15, 0.2) is 23.8 Å². The highest BCUT2D eigenvalue weighted by molar-refractivity contribution is 7.90. The molecule has 2 saturated heterocycles. The number of benzene rings is 2. The number of hydrogen-bond acceptors (Lipinski definition) is 11. The van der Waals surface area contributed by atoms with Crippen LogP contribution in [0.3, 0.4) is 0 Å². The second-order valence-corrected chi connectivity index (χ2v) is 16.7. The molecule has 0 saturated carbocycles. The van der Waals surface area contributed by atoms with Crippen molar-refractivity contribution < 1.29 is 50.0 Å². The van der Waals surface area contributed by atoms with E-state index in [-0.39, 0.29) is 65.8 Å². The normalized spacial score (nSPS) is 28.5. The molecule has 0 bridgehead atoms. The molecule has 2 aliphatic carbocycles. The topological polar surface area (TPSA) is 139 Å². The number of hydrogen-bond donors (Lipinski definition) is 0. The number of sulfonamides is 2. The first kappa shape index (κ1) is 38.2. The van der Waals surface area contributed by atoms with Crippen LogP contribution < -0.4 is 0 Å². The molecule has 0 spiro atoms. The molecule has 13 nitrogen and oxygen atoms in total. The predicted octanol–water partition coefficient (Wildman–Crippen LogP) is 2.93. The smallest absolute Gasteiger partial charge is 0.224 e. The molecule has 2 aromatic carbocycles. The van der Waals surface area contributed by atoms with E-state index < -0.39 is 54.3 Å². The van der Waals surface area contributed by atoms with E-state index in [1.54, 1.807) is 62.4 Å². The third-order valence-electron chi connectivity index (χ3n) is 9.91. The Morgan fingerprint density at radius 2 is 1.04 bits per heavy atom. The zero-order valence-corrected chi connectivity index (χ0v) is 31.1. The number of nitrogens with zero attached hydrogens (tertiary/aromatic N) is 2. The third kappa shape index (κ3) is 6.65. The predicted molar refractivity (Wildman–Crippen MR) is 190 cm³/mol. The molecule has 0 radical (unpaired) electrons. The molecule has 2 aliphatic heterocycles. The van der Waals surface area contributed by atoms with Gasteiger partial charge in [0.1, 0.15) is 10.5 Å². The van der Waals surface area contributed by atoms with Crippen LogP contribution in [0.4, 0.5) is 0 Å². The summed E-state index contributed by atoms with van der Waals surface area (Å²) in [4.78, 5) is 0. The van der Waals surface area contributed by atoms with Crippen molar-refractivity contribution in [2.75, 3.05) is 80.0 Å². The fourth-order valence-electron chi connectivity index (χ4n) is 7.70. The van der Waals surface area contributed by atoms with Crippen molar-refractivity contribution in [3.8, 4) is 0 Å². The summed E-state index contributed by atoms with van der Waals surface area (Å²) in [6.07, 6.45) is 3.94. The van der Waals surface area contributed by atoms with Crippen LogP contribution in [0.5, 0.6) is 0 Å². The van der Waals surface area contributed by atoms with Gasteiger partial charge in [0.05, 0.1) is 26.4 Å². The third-order valence-corrected chi connectivity index (χ3v) is 14.4. The monoisotopic (exact) mass is 748 g/mol. The van der Waals surface area contributed by atoms with E-state index in [0.717, 1.165) is 0 Å². The zero-order valence-electron chi connectivity index (χ0n) is 29.5. The lowest BCUT2D eigenvalue weighted by Crippen LogP contribution is -2.68. The molecular weight excluding hydrogens is 701 g/mol. The van der Waals surface area contributed by atoms with Gasteiger partial charge in [0.2, 0.25) is 20.0 Å². The molecule has 280 valence electrons. The van der Waals surface area contributed by atoms with Gasteiger partial charge in [0.25, 0.3) is 0 Å². The molecule has 2 heterocycles. The lowest BCUT2D eigenvalue weighted by atomic mass is 9.77. The summed E-state index contributed by atoms with van der Waals surface area (Å²) in [6, 6.07) is 14.5. The van der Waals surface area contributed by atoms with E-state index in [4.69, 9.17) is 33.2 Å². The summed E-state index contributed by atoms with van der Waals surface area (Å²) in [6.45, 7) is 5.17. The molecule has 0 N–H and O–H groups in total. The van der Waals surface area contributed by atoms with Gasteiger partial charge >= 0.3 is 0 Å². The Bertz CT molecular complexity index is 1660. The first-order valence-electron chi connectivity index (χ1n) is 17.3. The van der Waals surface area contributed by atoms with Crippen molar-refractivity contribution >= 4 is 32.2 Å². The molecule has 6 unspecified atom stereocenters. The van der Waals surface area contributed by atoms with Gasteiger partial charge in [-0.25, -0.2) is 16.8 Å². The summed E-state index contributed by atoms with van der Waals surface area (Å²) in [5, 5.41) is -2.93. The van der Waals surface area contributed by atoms with Crippen LogP contribution in [0, 0.1) is 0 Å². The molecule has 4 aliphatic rings. The lowest BCUT2D eigenvalue weighted by molar-refractivity contribution is -0.333. The summed E-state index contributed by atoms with van der Waals surface area (Å²) in [5.74, 6) is 0.